The quantitative estimate of drug-likeness (QED) is 0.287. The molecule has 1 heterocycles. The van der Waals surface area contributed by atoms with E-state index in [0.29, 0.717) is 10.8 Å². The average Bonchev–Trinajstić information content (AvgIpc) is 3.15. The van der Waals surface area contributed by atoms with Crippen LogP contribution in [0.4, 0.5) is 5.69 Å². The highest BCUT2D eigenvalue weighted by Gasteiger charge is 2.39. The minimum absolute atomic E-state index is 0.0726. The number of unbranched alkanes of at least 4 members (excludes halogenated alkanes) is 9. The Bertz CT molecular complexity index is 1340. The molecule has 4 heteroatoms. The predicted molar refractivity (Wildman–Crippen MR) is 156 cm³/mol. The molecule has 0 aliphatic carbocycles. The molecular weight excluding hydrogens is 464 g/mol. The molecule has 0 saturated carbocycles. The van der Waals surface area contributed by atoms with Crippen LogP contribution < -0.4 is 15.3 Å². The number of hydrogen-bond acceptors (Lipinski definition) is 4. The molecule has 38 heavy (non-hydrogen) atoms. The van der Waals surface area contributed by atoms with Gasteiger partial charge in [-0.05, 0) is 29.3 Å². The molecule has 0 bridgehead atoms. The summed E-state index contributed by atoms with van der Waals surface area (Å²) in [4.78, 5) is 2.41. The first-order valence-electron chi connectivity index (χ1n) is 14.1. The molecule has 196 valence electrons. The van der Waals surface area contributed by atoms with Crippen molar-refractivity contribution < 1.29 is 0 Å². The second-order valence-corrected chi connectivity index (χ2v) is 10.7. The van der Waals surface area contributed by atoms with Gasteiger partial charge in [0.2, 0.25) is 0 Å². The predicted octanol–water partition coefficient (Wildman–Crippen LogP) is 7.16. The summed E-state index contributed by atoms with van der Waals surface area (Å²) in [7, 11) is 0. The monoisotopic (exact) mass is 504 g/mol. The van der Waals surface area contributed by atoms with Gasteiger partial charge in [-0.25, -0.2) is 0 Å². The van der Waals surface area contributed by atoms with Crippen LogP contribution in [0.25, 0.3) is 11.1 Å². The van der Waals surface area contributed by atoms with Crippen molar-refractivity contribution in [1.82, 2.24) is 0 Å². The zero-order valence-corrected chi connectivity index (χ0v) is 23.3. The van der Waals surface area contributed by atoms with Gasteiger partial charge in [0.05, 0.1) is 11.6 Å². The van der Waals surface area contributed by atoms with Crippen molar-refractivity contribution in [2.45, 2.75) is 90.4 Å². The van der Waals surface area contributed by atoms with Crippen LogP contribution in [0.1, 0.15) is 90.5 Å². The summed E-state index contributed by atoms with van der Waals surface area (Å²) in [6.07, 6.45) is 15.1. The van der Waals surface area contributed by atoms with E-state index in [-0.39, 0.29) is 11.0 Å². The topological polar surface area (TPSA) is 74.6 Å². The third kappa shape index (κ3) is 6.94. The lowest BCUT2D eigenvalue weighted by atomic mass is 9.83. The molecule has 2 aromatic carbocycles. The molecule has 3 rings (SSSR count). The largest absolute Gasteiger partial charge is 0.344 e. The Hall–Kier alpha value is -3.81. The maximum absolute atomic E-state index is 10.1. The average molecular weight is 505 g/mol. The van der Waals surface area contributed by atoms with Crippen LogP contribution in [-0.2, 0) is 5.41 Å². The van der Waals surface area contributed by atoms with Crippen LogP contribution in [0.2, 0.25) is 0 Å². The molecule has 0 aromatic heterocycles. The third-order valence-corrected chi connectivity index (χ3v) is 7.64. The van der Waals surface area contributed by atoms with Crippen molar-refractivity contribution in [2.24, 2.45) is 0 Å². The molecule has 1 aliphatic rings. The van der Waals surface area contributed by atoms with E-state index in [1.165, 1.54) is 69.0 Å². The molecule has 0 saturated heterocycles. The van der Waals surface area contributed by atoms with Crippen molar-refractivity contribution in [3.8, 4) is 18.2 Å². The van der Waals surface area contributed by atoms with Crippen LogP contribution >= 0.6 is 0 Å². The number of para-hydroxylation sites is 1. The van der Waals surface area contributed by atoms with Gasteiger partial charge in [0.25, 0.3) is 0 Å². The smallest absolute Gasteiger partial charge is 0.136 e. The number of rotatable bonds is 12. The number of nitriles is 3. The molecular formula is C34H40N4. The van der Waals surface area contributed by atoms with E-state index in [1.807, 2.05) is 30.3 Å². The van der Waals surface area contributed by atoms with Crippen LogP contribution in [0.3, 0.4) is 0 Å². The standard InChI is InChI=1S/C34H40N4/c1-4-5-6-7-8-9-10-11-12-15-22-38-32-17-14-13-16-31(32)34(2,3)33(38)23-29(24-35)27-18-20-28(21-19-27)30(25-36)26-37/h13-14,16-21,23H,4-12,15,22H2,1-3H3/b33-23+. The van der Waals surface area contributed by atoms with Gasteiger partial charge in [-0.1, -0.05) is 121 Å². The van der Waals surface area contributed by atoms with E-state index in [4.69, 9.17) is 10.5 Å². The molecule has 2 aromatic rings. The number of benzene rings is 2. The third-order valence-electron chi connectivity index (χ3n) is 7.64. The zero-order valence-electron chi connectivity index (χ0n) is 23.3. The fraction of sp³-hybridized carbons (Fsp3) is 0.441. The first-order valence-corrected chi connectivity index (χ1v) is 14.1. The van der Waals surface area contributed by atoms with Gasteiger partial charge in [-0.2, -0.15) is 15.8 Å². The number of fused-ring (bicyclic) bond motifs is 1. The molecule has 1 aliphatic heterocycles. The van der Waals surface area contributed by atoms with Gasteiger partial charge < -0.3 is 4.90 Å². The van der Waals surface area contributed by atoms with E-state index in [9.17, 15) is 5.26 Å². The zero-order chi connectivity index (χ0) is 27.4. The Balaban J connectivity index is 1.80. The van der Waals surface area contributed by atoms with E-state index in [2.05, 4.69) is 56.0 Å². The molecule has 0 N–H and O–H groups in total. The molecule has 0 unspecified atom stereocenters. The van der Waals surface area contributed by atoms with Gasteiger partial charge >= 0.3 is 0 Å². The minimum Gasteiger partial charge on any atom is -0.344 e. The minimum atomic E-state index is -0.223. The highest BCUT2D eigenvalue weighted by atomic mass is 15.2. The molecule has 0 radical (unpaired) electrons. The van der Waals surface area contributed by atoms with Crippen LogP contribution in [0.5, 0.6) is 0 Å². The summed E-state index contributed by atoms with van der Waals surface area (Å²) in [5.74, 6) is 0. The summed E-state index contributed by atoms with van der Waals surface area (Å²) >= 11 is 0. The van der Waals surface area contributed by atoms with Gasteiger partial charge in [0, 0.05) is 28.6 Å². The van der Waals surface area contributed by atoms with E-state index in [1.54, 1.807) is 12.1 Å². The number of allylic oxidation sites excluding steroid dienone is 2. The second kappa shape index (κ2) is 14.2. The summed E-state index contributed by atoms with van der Waals surface area (Å²) < 4.78 is 0. The summed E-state index contributed by atoms with van der Waals surface area (Å²) in [6, 6.07) is 21.9. The molecule has 4 nitrogen and oxygen atoms in total. The Morgan fingerprint density at radius 3 is 1.87 bits per heavy atom. The molecule has 0 atom stereocenters. The molecule has 0 fully saturated rings. The summed E-state index contributed by atoms with van der Waals surface area (Å²) in [5, 5.41) is 29.8. The Morgan fingerprint density at radius 1 is 0.737 bits per heavy atom. The maximum atomic E-state index is 10.1. The van der Waals surface area contributed by atoms with E-state index < -0.39 is 0 Å². The van der Waals surface area contributed by atoms with Gasteiger partial charge in [-0.3, -0.25) is 0 Å². The first-order chi connectivity index (χ1) is 18.5. The van der Waals surface area contributed by atoms with Gasteiger partial charge in [-0.15, -0.1) is 0 Å². The highest BCUT2D eigenvalue weighted by molar-refractivity contribution is 5.78. The number of anilines is 1. The number of hydrogen-bond donors (Lipinski definition) is 0. The Morgan fingerprint density at radius 2 is 1.29 bits per heavy atom. The summed E-state index contributed by atoms with van der Waals surface area (Å²) in [5.41, 5.74) is 4.08. The van der Waals surface area contributed by atoms with Crippen LogP contribution in [0.15, 0.2) is 60.3 Å². The SMILES string of the molecule is CCCCCCCCCCCCN1/C(=C/C(C#N)=c2ccc(=C(C#N)C#N)cc2)C(C)(C)c2ccccc21. The lowest BCUT2D eigenvalue weighted by molar-refractivity contribution is 0.554. The van der Waals surface area contributed by atoms with E-state index >= 15 is 0 Å². The van der Waals surface area contributed by atoms with Gasteiger partial charge in [0.15, 0.2) is 0 Å². The fourth-order valence-corrected chi connectivity index (χ4v) is 5.39. The molecule has 0 amide bonds. The lowest BCUT2D eigenvalue weighted by Crippen LogP contribution is -2.27. The summed E-state index contributed by atoms with van der Waals surface area (Å²) in [6.45, 7) is 7.66. The Kier molecular flexibility index (Phi) is 10.8. The van der Waals surface area contributed by atoms with Crippen LogP contribution in [-0.4, -0.2) is 6.54 Å². The first kappa shape index (κ1) is 28.8. The van der Waals surface area contributed by atoms with Gasteiger partial charge in [0.1, 0.15) is 17.7 Å². The van der Waals surface area contributed by atoms with Crippen LogP contribution in [0, 0.1) is 34.0 Å². The van der Waals surface area contributed by atoms with Crippen molar-refractivity contribution in [1.29, 1.82) is 15.8 Å². The fourth-order valence-electron chi connectivity index (χ4n) is 5.39. The van der Waals surface area contributed by atoms with E-state index in [0.717, 1.165) is 23.9 Å². The van der Waals surface area contributed by atoms with Crippen molar-refractivity contribution >= 4 is 16.8 Å². The van der Waals surface area contributed by atoms with Crippen molar-refractivity contribution in [3.63, 3.8) is 0 Å². The molecule has 0 spiro atoms. The van der Waals surface area contributed by atoms with Crippen molar-refractivity contribution in [2.75, 3.05) is 11.4 Å². The maximum Gasteiger partial charge on any atom is 0.136 e. The number of nitrogens with zero attached hydrogens (tertiary/aromatic N) is 4. The second-order valence-electron chi connectivity index (χ2n) is 10.7. The normalized spacial score (nSPS) is 14.4. The van der Waals surface area contributed by atoms with Crippen molar-refractivity contribution in [3.05, 3.63) is 76.3 Å². The lowest BCUT2D eigenvalue weighted by Gasteiger charge is -2.27. The highest BCUT2D eigenvalue weighted by Crippen LogP contribution is 2.48. The Labute approximate surface area is 228 Å².